The Hall–Kier alpha value is -0.830. The maximum absolute atomic E-state index is 4.63. The van der Waals surface area contributed by atoms with Gasteiger partial charge in [-0.2, -0.15) is 5.10 Å². The minimum atomic E-state index is 0. The van der Waals surface area contributed by atoms with Gasteiger partial charge in [-0.1, -0.05) is 0 Å². The molecule has 0 radical (unpaired) electrons. The molecule has 7 heteroatoms. The summed E-state index contributed by atoms with van der Waals surface area (Å²) in [5, 5.41) is 10.9. The van der Waals surface area contributed by atoms with E-state index in [4.69, 9.17) is 0 Å². The minimum absolute atomic E-state index is 0. The van der Waals surface area contributed by atoms with Gasteiger partial charge in [0.25, 0.3) is 0 Å². The van der Waals surface area contributed by atoms with E-state index in [1.165, 1.54) is 0 Å². The molecule has 0 atom stereocenters. The van der Waals surface area contributed by atoms with Gasteiger partial charge in [0, 0.05) is 57.2 Å². The van der Waals surface area contributed by atoms with Crippen molar-refractivity contribution in [1.29, 1.82) is 0 Å². The maximum Gasteiger partial charge on any atom is 0.191 e. The highest BCUT2D eigenvalue weighted by molar-refractivity contribution is 14.0. The van der Waals surface area contributed by atoms with E-state index < -0.39 is 0 Å². The van der Waals surface area contributed by atoms with Gasteiger partial charge in [0.1, 0.15) is 0 Å². The molecule has 0 aliphatic rings. The first-order valence-corrected chi connectivity index (χ1v) is 8.80. The molecule has 24 heavy (non-hydrogen) atoms. The number of rotatable bonds is 10. The fraction of sp³-hybridized carbons (Fsp3) is 0.765. The Morgan fingerprint density at radius 2 is 1.92 bits per heavy atom. The molecule has 0 unspecified atom stereocenters. The SMILES string of the molecule is CCNC(=NCCCn1cccn1)NCCN(C(C)C)C(C)C.I. The molecule has 0 saturated heterocycles. The average Bonchev–Trinajstić information content (AvgIpc) is 3.00. The molecule has 1 aromatic rings. The van der Waals surface area contributed by atoms with Crippen molar-refractivity contribution in [3.63, 3.8) is 0 Å². The number of nitrogens with zero attached hydrogens (tertiary/aromatic N) is 4. The Bertz CT molecular complexity index is 422. The first kappa shape index (κ1) is 23.2. The molecule has 0 aromatic carbocycles. The Labute approximate surface area is 164 Å². The molecule has 1 heterocycles. The van der Waals surface area contributed by atoms with Gasteiger partial charge in [0.15, 0.2) is 5.96 Å². The van der Waals surface area contributed by atoms with Gasteiger partial charge in [-0.3, -0.25) is 14.6 Å². The third-order valence-electron chi connectivity index (χ3n) is 3.71. The van der Waals surface area contributed by atoms with E-state index in [-0.39, 0.29) is 24.0 Å². The number of nitrogens with one attached hydrogen (secondary N) is 2. The summed E-state index contributed by atoms with van der Waals surface area (Å²) >= 11 is 0. The molecule has 0 fully saturated rings. The van der Waals surface area contributed by atoms with Crippen molar-refractivity contribution in [2.75, 3.05) is 26.2 Å². The molecule has 0 amide bonds. The Morgan fingerprint density at radius 1 is 1.21 bits per heavy atom. The number of hydrogen-bond donors (Lipinski definition) is 2. The maximum atomic E-state index is 4.63. The standard InChI is InChI=1S/C17H34N6.HI/c1-6-18-17(19-9-7-12-22-13-8-10-21-22)20-11-14-23(15(2)3)16(4)5;/h8,10,13,15-16H,6-7,9,11-12,14H2,1-5H3,(H2,18,19,20);1H. The first-order chi connectivity index (χ1) is 11.0. The van der Waals surface area contributed by atoms with Gasteiger partial charge in [-0.05, 0) is 47.1 Å². The molecule has 2 N–H and O–H groups in total. The molecule has 0 saturated carbocycles. The molecule has 140 valence electrons. The largest absolute Gasteiger partial charge is 0.357 e. The van der Waals surface area contributed by atoms with Crippen molar-refractivity contribution in [3.05, 3.63) is 18.5 Å². The smallest absolute Gasteiger partial charge is 0.191 e. The summed E-state index contributed by atoms with van der Waals surface area (Å²) in [5.41, 5.74) is 0. The van der Waals surface area contributed by atoms with E-state index in [9.17, 15) is 0 Å². The van der Waals surface area contributed by atoms with Crippen LogP contribution >= 0.6 is 24.0 Å². The lowest BCUT2D eigenvalue weighted by atomic mass is 10.2. The highest BCUT2D eigenvalue weighted by Gasteiger charge is 2.12. The Kier molecular flexibility index (Phi) is 13.0. The summed E-state index contributed by atoms with van der Waals surface area (Å²) in [6, 6.07) is 3.07. The number of halogens is 1. The van der Waals surface area contributed by atoms with Crippen molar-refractivity contribution in [1.82, 2.24) is 25.3 Å². The van der Waals surface area contributed by atoms with Gasteiger partial charge >= 0.3 is 0 Å². The molecule has 0 aliphatic carbocycles. The summed E-state index contributed by atoms with van der Waals surface area (Å²) in [7, 11) is 0. The van der Waals surface area contributed by atoms with Crippen LogP contribution in [-0.4, -0.2) is 58.9 Å². The van der Waals surface area contributed by atoms with Gasteiger partial charge in [-0.15, -0.1) is 24.0 Å². The van der Waals surface area contributed by atoms with Gasteiger partial charge in [-0.25, -0.2) is 0 Å². The van der Waals surface area contributed by atoms with Crippen LogP contribution in [0.25, 0.3) is 0 Å². The normalized spacial score (nSPS) is 11.9. The fourth-order valence-electron chi connectivity index (χ4n) is 2.61. The van der Waals surface area contributed by atoms with Crippen LogP contribution in [0, 0.1) is 0 Å². The molecule has 0 bridgehead atoms. The first-order valence-electron chi connectivity index (χ1n) is 8.80. The lowest BCUT2D eigenvalue weighted by Gasteiger charge is -2.30. The van der Waals surface area contributed by atoms with E-state index in [2.05, 4.69) is 60.2 Å². The van der Waals surface area contributed by atoms with Gasteiger partial charge in [0.05, 0.1) is 0 Å². The highest BCUT2D eigenvalue weighted by atomic mass is 127. The molecular formula is C17H35IN6. The zero-order valence-electron chi connectivity index (χ0n) is 15.8. The summed E-state index contributed by atoms with van der Waals surface area (Å²) < 4.78 is 1.94. The van der Waals surface area contributed by atoms with E-state index in [1.54, 1.807) is 0 Å². The number of aromatic nitrogens is 2. The summed E-state index contributed by atoms with van der Waals surface area (Å²) in [6.45, 7) is 15.6. The van der Waals surface area contributed by atoms with Crippen LogP contribution < -0.4 is 10.6 Å². The van der Waals surface area contributed by atoms with Crippen LogP contribution in [0.1, 0.15) is 41.0 Å². The van der Waals surface area contributed by atoms with Crippen LogP contribution in [0.4, 0.5) is 0 Å². The second-order valence-electron chi connectivity index (χ2n) is 6.24. The minimum Gasteiger partial charge on any atom is -0.357 e. The van der Waals surface area contributed by atoms with Gasteiger partial charge < -0.3 is 10.6 Å². The van der Waals surface area contributed by atoms with Crippen LogP contribution in [0.5, 0.6) is 0 Å². The summed E-state index contributed by atoms with van der Waals surface area (Å²) in [4.78, 5) is 7.11. The third kappa shape index (κ3) is 9.46. The van der Waals surface area contributed by atoms with Crippen LogP contribution in [-0.2, 0) is 6.54 Å². The van der Waals surface area contributed by atoms with Crippen molar-refractivity contribution in [2.24, 2.45) is 4.99 Å². The van der Waals surface area contributed by atoms with Crippen LogP contribution in [0.2, 0.25) is 0 Å². The predicted molar refractivity (Wildman–Crippen MR) is 113 cm³/mol. The molecule has 1 aromatic heterocycles. The Morgan fingerprint density at radius 3 is 2.46 bits per heavy atom. The third-order valence-corrected chi connectivity index (χ3v) is 3.71. The van der Waals surface area contributed by atoms with Crippen molar-refractivity contribution >= 4 is 29.9 Å². The second kappa shape index (κ2) is 13.5. The molecule has 6 nitrogen and oxygen atoms in total. The highest BCUT2D eigenvalue weighted by Crippen LogP contribution is 2.03. The summed E-state index contributed by atoms with van der Waals surface area (Å²) in [5.74, 6) is 0.903. The zero-order valence-corrected chi connectivity index (χ0v) is 18.2. The molecule has 1 rings (SSSR count). The topological polar surface area (TPSA) is 57.5 Å². The molecular weight excluding hydrogens is 415 g/mol. The number of aryl methyl sites for hydroxylation is 1. The van der Waals surface area contributed by atoms with Crippen molar-refractivity contribution in [3.8, 4) is 0 Å². The zero-order chi connectivity index (χ0) is 17.1. The summed E-state index contributed by atoms with van der Waals surface area (Å²) in [6.07, 6.45) is 4.78. The lowest BCUT2D eigenvalue weighted by Crippen LogP contribution is -2.45. The molecule has 0 spiro atoms. The van der Waals surface area contributed by atoms with Crippen molar-refractivity contribution < 1.29 is 0 Å². The average molecular weight is 450 g/mol. The van der Waals surface area contributed by atoms with E-state index >= 15 is 0 Å². The van der Waals surface area contributed by atoms with E-state index in [0.717, 1.165) is 45.1 Å². The number of guanidine groups is 1. The van der Waals surface area contributed by atoms with Crippen LogP contribution in [0.15, 0.2) is 23.5 Å². The monoisotopic (exact) mass is 450 g/mol. The number of aliphatic imine (C=N–C) groups is 1. The number of hydrogen-bond acceptors (Lipinski definition) is 3. The van der Waals surface area contributed by atoms with E-state index in [1.807, 2.05) is 23.1 Å². The Balaban J connectivity index is 0.00000529. The molecule has 0 aliphatic heterocycles. The fourth-order valence-corrected chi connectivity index (χ4v) is 2.61. The van der Waals surface area contributed by atoms with Crippen molar-refractivity contribution in [2.45, 2.75) is 59.7 Å². The second-order valence-corrected chi connectivity index (χ2v) is 6.24. The quantitative estimate of drug-likeness (QED) is 0.249. The lowest BCUT2D eigenvalue weighted by molar-refractivity contribution is 0.178. The van der Waals surface area contributed by atoms with E-state index in [0.29, 0.717) is 12.1 Å². The van der Waals surface area contributed by atoms with Gasteiger partial charge in [0.2, 0.25) is 0 Å². The predicted octanol–water partition coefficient (Wildman–Crippen LogP) is 2.57. The van der Waals surface area contributed by atoms with Crippen LogP contribution in [0.3, 0.4) is 0 Å².